The van der Waals surface area contributed by atoms with Crippen LogP contribution in [0.1, 0.15) is 50.5 Å². The highest BCUT2D eigenvalue weighted by molar-refractivity contribution is 7.89. The van der Waals surface area contributed by atoms with Gasteiger partial charge in [0.25, 0.3) is 0 Å². The predicted octanol–water partition coefficient (Wildman–Crippen LogP) is 2.65. The highest BCUT2D eigenvalue weighted by atomic mass is 32.2. The number of hydrogen-bond donors (Lipinski definition) is 1. The van der Waals surface area contributed by atoms with Crippen molar-refractivity contribution in [2.24, 2.45) is 5.92 Å². The molecule has 5 rings (SSSR count). The van der Waals surface area contributed by atoms with E-state index in [1.807, 2.05) is 17.0 Å². The molecule has 3 fully saturated rings. The standard InChI is InChI=1S/C20H27N3O3S/c24-19(21-16-5-1-2-6-16)22-12-11-20(14-22)17-7-3-4-8-18(17)27(25,26)23(20)13-15-9-10-15/h3-4,7-8,15-16H,1-2,5-6,9-14H2,(H,21,24)/t20-/m1/s1. The molecule has 7 heteroatoms. The summed E-state index contributed by atoms with van der Waals surface area (Å²) in [5.74, 6) is 0.465. The van der Waals surface area contributed by atoms with Crippen LogP contribution in [0.4, 0.5) is 4.79 Å². The summed E-state index contributed by atoms with van der Waals surface area (Å²) in [6, 6.07) is 7.61. The number of hydrogen-bond acceptors (Lipinski definition) is 3. The highest BCUT2D eigenvalue weighted by Crippen LogP contribution is 2.51. The molecule has 0 radical (unpaired) electrons. The Hall–Kier alpha value is -1.60. The minimum atomic E-state index is -3.49. The lowest BCUT2D eigenvalue weighted by atomic mass is 9.88. The predicted molar refractivity (Wildman–Crippen MR) is 102 cm³/mol. The Morgan fingerprint density at radius 3 is 2.63 bits per heavy atom. The maximum absolute atomic E-state index is 13.3. The fraction of sp³-hybridized carbons (Fsp3) is 0.650. The summed E-state index contributed by atoms with van der Waals surface area (Å²) in [5, 5.41) is 3.16. The highest BCUT2D eigenvalue weighted by Gasteiger charge is 2.58. The van der Waals surface area contributed by atoms with Crippen LogP contribution >= 0.6 is 0 Å². The number of benzene rings is 1. The van der Waals surface area contributed by atoms with Crippen LogP contribution in [-0.4, -0.2) is 49.3 Å². The second kappa shape index (κ2) is 6.21. The molecule has 146 valence electrons. The lowest BCUT2D eigenvalue weighted by Crippen LogP contribution is -2.49. The minimum Gasteiger partial charge on any atom is -0.335 e. The number of fused-ring (bicyclic) bond motifs is 2. The molecule has 2 aliphatic heterocycles. The summed E-state index contributed by atoms with van der Waals surface area (Å²) in [4.78, 5) is 15.1. The van der Waals surface area contributed by atoms with Gasteiger partial charge in [-0.3, -0.25) is 0 Å². The van der Waals surface area contributed by atoms with E-state index in [0.29, 0.717) is 36.9 Å². The molecule has 0 bridgehead atoms. The zero-order chi connectivity index (χ0) is 18.6. The van der Waals surface area contributed by atoms with Crippen molar-refractivity contribution in [1.29, 1.82) is 0 Å². The Kier molecular flexibility index (Phi) is 4.02. The summed E-state index contributed by atoms with van der Waals surface area (Å²) >= 11 is 0. The fourth-order valence-electron chi connectivity index (χ4n) is 5.09. The van der Waals surface area contributed by atoms with Crippen molar-refractivity contribution in [2.75, 3.05) is 19.6 Å². The molecule has 1 aromatic carbocycles. The summed E-state index contributed by atoms with van der Waals surface area (Å²) in [6.45, 7) is 1.63. The largest absolute Gasteiger partial charge is 0.335 e. The third-order valence-electron chi connectivity index (χ3n) is 6.77. The van der Waals surface area contributed by atoms with Gasteiger partial charge in [0.1, 0.15) is 0 Å². The summed E-state index contributed by atoms with van der Waals surface area (Å²) in [5.41, 5.74) is 0.284. The van der Waals surface area contributed by atoms with E-state index in [1.165, 1.54) is 12.8 Å². The van der Waals surface area contributed by atoms with E-state index >= 15 is 0 Å². The first-order valence-electron chi connectivity index (χ1n) is 10.2. The van der Waals surface area contributed by atoms with Gasteiger partial charge < -0.3 is 10.2 Å². The lowest BCUT2D eigenvalue weighted by Gasteiger charge is -2.34. The summed E-state index contributed by atoms with van der Waals surface area (Å²) in [7, 11) is -3.49. The van der Waals surface area contributed by atoms with Crippen LogP contribution in [0.15, 0.2) is 29.2 Å². The van der Waals surface area contributed by atoms with Gasteiger partial charge >= 0.3 is 6.03 Å². The molecule has 4 aliphatic rings. The van der Waals surface area contributed by atoms with E-state index in [0.717, 1.165) is 31.2 Å². The van der Waals surface area contributed by atoms with Crippen LogP contribution in [0, 0.1) is 5.92 Å². The summed E-state index contributed by atoms with van der Waals surface area (Å²) in [6.07, 6.45) is 7.33. The molecular weight excluding hydrogens is 362 g/mol. The molecule has 2 saturated carbocycles. The average molecular weight is 390 g/mol. The number of nitrogens with zero attached hydrogens (tertiary/aromatic N) is 2. The van der Waals surface area contributed by atoms with E-state index in [4.69, 9.17) is 0 Å². The first-order chi connectivity index (χ1) is 13.0. The smallest absolute Gasteiger partial charge is 0.317 e. The Morgan fingerprint density at radius 1 is 1.15 bits per heavy atom. The topological polar surface area (TPSA) is 69.7 Å². The maximum Gasteiger partial charge on any atom is 0.317 e. The van der Waals surface area contributed by atoms with Crippen LogP contribution in [0.25, 0.3) is 0 Å². The molecule has 6 nitrogen and oxygen atoms in total. The molecule has 0 aromatic heterocycles. The number of likely N-dealkylation sites (tertiary alicyclic amines) is 1. The Balaban J connectivity index is 1.45. The van der Waals surface area contributed by atoms with Crippen molar-refractivity contribution in [3.05, 3.63) is 29.8 Å². The number of carbonyl (C=O) groups excluding carboxylic acids is 1. The second-order valence-corrected chi connectivity index (χ2v) is 10.4. The number of urea groups is 1. The first kappa shape index (κ1) is 17.5. The lowest BCUT2D eigenvalue weighted by molar-refractivity contribution is 0.176. The van der Waals surface area contributed by atoms with E-state index in [1.54, 1.807) is 16.4 Å². The molecular formula is C20H27N3O3S. The molecule has 2 aliphatic carbocycles. The number of amides is 2. The van der Waals surface area contributed by atoms with Crippen molar-refractivity contribution in [2.45, 2.75) is 61.4 Å². The molecule has 2 heterocycles. The minimum absolute atomic E-state index is 0.0353. The summed E-state index contributed by atoms with van der Waals surface area (Å²) < 4.78 is 28.3. The van der Waals surface area contributed by atoms with Gasteiger partial charge in [-0.2, -0.15) is 4.31 Å². The Bertz CT molecular complexity index is 861. The van der Waals surface area contributed by atoms with Gasteiger partial charge in [-0.25, -0.2) is 13.2 Å². The van der Waals surface area contributed by atoms with Crippen LogP contribution in [0.2, 0.25) is 0 Å². The van der Waals surface area contributed by atoms with Gasteiger partial charge in [0.2, 0.25) is 10.0 Å². The van der Waals surface area contributed by atoms with Gasteiger partial charge in [-0.15, -0.1) is 0 Å². The van der Waals surface area contributed by atoms with Crippen LogP contribution < -0.4 is 5.32 Å². The molecule has 1 spiro atoms. The quantitative estimate of drug-likeness (QED) is 0.864. The normalized spacial score (nSPS) is 30.1. The Labute approximate surface area is 161 Å². The van der Waals surface area contributed by atoms with E-state index in [-0.39, 0.29) is 12.1 Å². The van der Waals surface area contributed by atoms with E-state index in [2.05, 4.69) is 5.32 Å². The zero-order valence-electron chi connectivity index (χ0n) is 15.6. The SMILES string of the molecule is O=C(NC1CCCC1)N1CC[C@@]2(C1)c1ccccc1S(=O)(=O)N2CC1CC1. The van der Waals surface area contributed by atoms with Crippen LogP contribution in [0.3, 0.4) is 0 Å². The van der Waals surface area contributed by atoms with Crippen molar-refractivity contribution in [3.8, 4) is 0 Å². The second-order valence-electron chi connectivity index (χ2n) is 8.61. The fourth-order valence-corrected chi connectivity index (χ4v) is 7.23. The molecule has 1 saturated heterocycles. The van der Waals surface area contributed by atoms with Crippen molar-refractivity contribution >= 4 is 16.1 Å². The maximum atomic E-state index is 13.3. The van der Waals surface area contributed by atoms with E-state index < -0.39 is 15.6 Å². The van der Waals surface area contributed by atoms with Gasteiger partial charge in [-0.05, 0) is 49.7 Å². The van der Waals surface area contributed by atoms with Crippen LogP contribution in [0.5, 0.6) is 0 Å². The molecule has 2 amide bonds. The molecule has 1 aromatic rings. The van der Waals surface area contributed by atoms with Crippen molar-refractivity contribution in [3.63, 3.8) is 0 Å². The molecule has 1 N–H and O–H groups in total. The van der Waals surface area contributed by atoms with Gasteiger partial charge in [-0.1, -0.05) is 31.0 Å². The van der Waals surface area contributed by atoms with Gasteiger partial charge in [0.15, 0.2) is 0 Å². The third-order valence-corrected chi connectivity index (χ3v) is 8.76. The number of sulfonamides is 1. The number of carbonyl (C=O) groups is 1. The number of nitrogens with one attached hydrogen (secondary N) is 1. The Morgan fingerprint density at radius 2 is 1.89 bits per heavy atom. The molecule has 1 atom stereocenters. The van der Waals surface area contributed by atoms with E-state index in [9.17, 15) is 13.2 Å². The molecule has 0 unspecified atom stereocenters. The average Bonchev–Trinajstić information content (AvgIpc) is 3.09. The van der Waals surface area contributed by atoms with Crippen molar-refractivity contribution in [1.82, 2.24) is 14.5 Å². The monoisotopic (exact) mass is 389 g/mol. The van der Waals surface area contributed by atoms with Gasteiger partial charge in [0, 0.05) is 25.7 Å². The van der Waals surface area contributed by atoms with Crippen LogP contribution in [-0.2, 0) is 15.6 Å². The molecule has 27 heavy (non-hydrogen) atoms. The zero-order valence-corrected chi connectivity index (χ0v) is 16.4. The van der Waals surface area contributed by atoms with Crippen molar-refractivity contribution < 1.29 is 13.2 Å². The first-order valence-corrected chi connectivity index (χ1v) is 11.6. The van der Waals surface area contributed by atoms with Gasteiger partial charge in [0.05, 0.1) is 10.4 Å². The third kappa shape index (κ3) is 2.78. The number of rotatable bonds is 3.